The average molecular weight is 312 g/mol. The van der Waals surface area contributed by atoms with Gasteiger partial charge in [-0.1, -0.05) is 19.1 Å². The van der Waals surface area contributed by atoms with Crippen LogP contribution in [0, 0.1) is 23.7 Å². The summed E-state index contributed by atoms with van der Waals surface area (Å²) in [6.45, 7) is 8.15. The Labute approximate surface area is 130 Å². The number of allylic oxidation sites excluding steroid dienone is 1. The predicted molar refractivity (Wildman–Crippen MR) is 77.9 cm³/mol. The van der Waals surface area contributed by atoms with Gasteiger partial charge >= 0.3 is 11.9 Å². The molecule has 6 nitrogen and oxygen atoms in total. The van der Waals surface area contributed by atoms with Gasteiger partial charge in [-0.05, 0) is 25.2 Å². The molecule has 0 aromatic heterocycles. The van der Waals surface area contributed by atoms with Crippen molar-refractivity contribution in [2.75, 3.05) is 13.9 Å². The highest BCUT2D eigenvalue weighted by molar-refractivity contribution is 5.82. The Hall–Kier alpha value is -1.40. The fourth-order valence-corrected chi connectivity index (χ4v) is 3.82. The van der Waals surface area contributed by atoms with Crippen molar-refractivity contribution in [2.45, 2.75) is 38.9 Å². The summed E-state index contributed by atoms with van der Waals surface area (Å²) in [5.41, 5.74) is 0.965. The second kappa shape index (κ2) is 6.79. The van der Waals surface area contributed by atoms with Crippen molar-refractivity contribution in [3.63, 3.8) is 0 Å². The number of carbonyl (C=O) groups is 2. The first kappa shape index (κ1) is 17.0. The summed E-state index contributed by atoms with van der Waals surface area (Å²) in [6, 6.07) is 0. The molecule has 2 aliphatic rings. The summed E-state index contributed by atoms with van der Waals surface area (Å²) >= 11 is 0. The van der Waals surface area contributed by atoms with Crippen molar-refractivity contribution in [3.8, 4) is 0 Å². The molecule has 1 saturated carbocycles. The van der Waals surface area contributed by atoms with E-state index < -0.39 is 24.0 Å². The average Bonchev–Trinajstić information content (AvgIpc) is 2.97. The quantitative estimate of drug-likeness (QED) is 0.458. The maximum atomic E-state index is 11.6. The van der Waals surface area contributed by atoms with E-state index in [4.69, 9.17) is 14.2 Å². The Morgan fingerprint density at radius 2 is 2.14 bits per heavy atom. The molecule has 1 aliphatic carbocycles. The molecular weight excluding hydrogens is 288 g/mol. The lowest BCUT2D eigenvalue weighted by Gasteiger charge is -2.30. The topological polar surface area (TPSA) is 82.1 Å². The molecule has 22 heavy (non-hydrogen) atoms. The van der Waals surface area contributed by atoms with Crippen molar-refractivity contribution < 1.29 is 28.9 Å². The molecule has 0 amide bonds. The molecule has 1 saturated heterocycles. The number of carboxylic acids is 1. The van der Waals surface area contributed by atoms with Gasteiger partial charge in [-0.3, -0.25) is 9.59 Å². The Balaban J connectivity index is 2.23. The summed E-state index contributed by atoms with van der Waals surface area (Å²) < 4.78 is 16.0. The monoisotopic (exact) mass is 312 g/mol. The smallest absolute Gasteiger partial charge is 0.310 e. The lowest BCUT2D eigenvalue weighted by molar-refractivity contribution is -0.149. The van der Waals surface area contributed by atoms with E-state index in [1.165, 1.54) is 0 Å². The molecule has 0 spiro atoms. The summed E-state index contributed by atoms with van der Waals surface area (Å²) in [6.07, 6.45) is 0.0129. The van der Waals surface area contributed by atoms with Crippen LogP contribution in [0.1, 0.15) is 26.7 Å². The molecule has 124 valence electrons. The van der Waals surface area contributed by atoms with E-state index in [1.807, 2.05) is 13.8 Å². The second-order valence-corrected chi connectivity index (χ2v) is 6.34. The zero-order chi connectivity index (χ0) is 16.4. The minimum atomic E-state index is -0.982. The highest BCUT2D eigenvalue weighted by Gasteiger charge is 2.53. The molecule has 1 aliphatic heterocycles. The van der Waals surface area contributed by atoms with Gasteiger partial charge in [0.25, 0.3) is 0 Å². The van der Waals surface area contributed by atoms with Gasteiger partial charge in [-0.15, -0.1) is 0 Å². The Morgan fingerprint density at radius 1 is 1.45 bits per heavy atom. The van der Waals surface area contributed by atoms with Gasteiger partial charge in [0.2, 0.25) is 0 Å². The molecule has 1 N–H and O–H groups in total. The summed E-state index contributed by atoms with van der Waals surface area (Å²) in [4.78, 5) is 23.0. The molecule has 2 fully saturated rings. The van der Waals surface area contributed by atoms with Crippen LogP contribution in [0.2, 0.25) is 0 Å². The number of esters is 1. The molecule has 6 atom stereocenters. The van der Waals surface area contributed by atoms with E-state index in [-0.39, 0.29) is 37.1 Å². The summed E-state index contributed by atoms with van der Waals surface area (Å²) in [7, 11) is 1.56. The molecule has 1 heterocycles. The van der Waals surface area contributed by atoms with E-state index in [0.717, 1.165) is 12.0 Å². The standard InChI is InChI=1S/C16H24O6/c1-8(2)10-5-12(21-7-20-4)9(3)14(10)15-11(16(18)19)6-13(17)22-15/h9-12,14-15H,1,5-7H2,2-4H3,(H,18,19)/t9-,10+,11+,12-,14+,15+/m0/s1. The number of aliphatic carboxylic acids is 1. The number of methoxy groups -OCH3 is 1. The zero-order valence-corrected chi connectivity index (χ0v) is 13.3. The van der Waals surface area contributed by atoms with Gasteiger partial charge in [0.05, 0.1) is 12.5 Å². The van der Waals surface area contributed by atoms with Crippen LogP contribution >= 0.6 is 0 Å². The fourth-order valence-electron chi connectivity index (χ4n) is 3.82. The number of hydrogen-bond donors (Lipinski definition) is 1. The fraction of sp³-hybridized carbons (Fsp3) is 0.750. The lowest BCUT2D eigenvalue weighted by atomic mass is 9.77. The molecular formula is C16H24O6. The van der Waals surface area contributed by atoms with Gasteiger partial charge in [0.15, 0.2) is 0 Å². The highest BCUT2D eigenvalue weighted by Crippen LogP contribution is 2.48. The van der Waals surface area contributed by atoms with Crippen LogP contribution < -0.4 is 0 Å². The third kappa shape index (κ3) is 3.17. The normalized spacial score (nSPS) is 38.0. The van der Waals surface area contributed by atoms with Crippen LogP contribution in [0.5, 0.6) is 0 Å². The van der Waals surface area contributed by atoms with E-state index >= 15 is 0 Å². The predicted octanol–water partition coefficient (Wildman–Crippen LogP) is 1.84. The molecule has 6 heteroatoms. The van der Waals surface area contributed by atoms with Crippen LogP contribution in [0.3, 0.4) is 0 Å². The van der Waals surface area contributed by atoms with Crippen molar-refractivity contribution in [3.05, 3.63) is 12.2 Å². The summed E-state index contributed by atoms with van der Waals surface area (Å²) in [5.74, 6) is -2.16. The Kier molecular flexibility index (Phi) is 5.24. The molecule has 0 aromatic rings. The number of ether oxygens (including phenoxy) is 3. The minimum Gasteiger partial charge on any atom is -0.481 e. The van der Waals surface area contributed by atoms with E-state index in [2.05, 4.69) is 6.58 Å². The number of hydrogen-bond acceptors (Lipinski definition) is 5. The Morgan fingerprint density at radius 3 is 2.68 bits per heavy atom. The molecule has 0 bridgehead atoms. The lowest BCUT2D eigenvalue weighted by Crippen LogP contribution is -2.37. The van der Waals surface area contributed by atoms with Crippen molar-refractivity contribution in [1.29, 1.82) is 0 Å². The van der Waals surface area contributed by atoms with E-state index in [0.29, 0.717) is 0 Å². The molecule has 2 rings (SSSR count). The van der Waals surface area contributed by atoms with Crippen molar-refractivity contribution in [1.82, 2.24) is 0 Å². The molecule has 0 radical (unpaired) electrons. The van der Waals surface area contributed by atoms with Crippen molar-refractivity contribution >= 4 is 11.9 Å². The number of cyclic esters (lactones) is 1. The van der Waals surface area contributed by atoms with E-state index in [9.17, 15) is 14.7 Å². The molecule has 0 unspecified atom stereocenters. The molecule has 0 aromatic carbocycles. The Bertz CT molecular complexity index is 460. The van der Waals surface area contributed by atoms with Crippen LogP contribution in [0.15, 0.2) is 12.2 Å². The third-order valence-electron chi connectivity index (χ3n) is 4.92. The second-order valence-electron chi connectivity index (χ2n) is 6.34. The van der Waals surface area contributed by atoms with E-state index in [1.54, 1.807) is 7.11 Å². The maximum absolute atomic E-state index is 11.6. The first-order valence-corrected chi connectivity index (χ1v) is 7.55. The van der Waals surface area contributed by atoms with Crippen molar-refractivity contribution in [2.24, 2.45) is 23.7 Å². The van der Waals surface area contributed by atoms with Gasteiger partial charge in [0.1, 0.15) is 18.8 Å². The van der Waals surface area contributed by atoms with Gasteiger partial charge in [-0.2, -0.15) is 0 Å². The zero-order valence-electron chi connectivity index (χ0n) is 13.3. The van der Waals surface area contributed by atoms with Crippen LogP contribution in [0.4, 0.5) is 0 Å². The van der Waals surface area contributed by atoms with Crippen LogP contribution in [-0.2, 0) is 23.8 Å². The van der Waals surface area contributed by atoms with Gasteiger partial charge in [-0.25, -0.2) is 0 Å². The van der Waals surface area contributed by atoms with Crippen LogP contribution in [-0.4, -0.2) is 43.2 Å². The maximum Gasteiger partial charge on any atom is 0.310 e. The number of carboxylic acid groups (broad SMARTS) is 1. The summed E-state index contributed by atoms with van der Waals surface area (Å²) in [5, 5.41) is 9.37. The minimum absolute atomic E-state index is 0.0552. The number of rotatable bonds is 6. The van der Waals surface area contributed by atoms with Gasteiger partial charge < -0.3 is 19.3 Å². The first-order valence-electron chi connectivity index (χ1n) is 7.55. The highest BCUT2D eigenvalue weighted by atomic mass is 16.7. The SMILES string of the molecule is C=C(C)[C@H]1C[C@H](OCOC)[C@H](C)[C@H]1[C@@H]1OC(=O)C[C@H]1C(=O)O. The van der Waals surface area contributed by atoms with Crippen LogP contribution in [0.25, 0.3) is 0 Å². The third-order valence-corrected chi connectivity index (χ3v) is 4.92. The first-order chi connectivity index (χ1) is 10.4. The number of carbonyl (C=O) groups excluding carboxylic acids is 1. The largest absolute Gasteiger partial charge is 0.481 e. The van der Waals surface area contributed by atoms with Gasteiger partial charge in [0, 0.05) is 13.0 Å².